The molecule has 7 heteroatoms. The predicted molar refractivity (Wildman–Crippen MR) is 85.4 cm³/mol. The third-order valence-electron chi connectivity index (χ3n) is 3.02. The molecule has 5 nitrogen and oxygen atoms in total. The monoisotopic (exact) mass is 358 g/mol. The van der Waals surface area contributed by atoms with Crippen LogP contribution in [0.15, 0.2) is 22.1 Å². The van der Waals surface area contributed by atoms with Gasteiger partial charge < -0.3 is 15.4 Å². The lowest BCUT2D eigenvalue weighted by Gasteiger charge is -2.16. The van der Waals surface area contributed by atoms with Gasteiger partial charge in [0.25, 0.3) is 0 Å². The maximum absolute atomic E-state index is 6.39. The number of hydrogen-bond acceptors (Lipinski definition) is 5. The lowest BCUT2D eigenvalue weighted by atomic mass is 10.1. The summed E-state index contributed by atoms with van der Waals surface area (Å²) in [7, 11) is 5.72. The van der Waals surface area contributed by atoms with Gasteiger partial charge in [0, 0.05) is 11.4 Å². The summed E-state index contributed by atoms with van der Waals surface area (Å²) in [4.78, 5) is 3.20. The van der Waals surface area contributed by atoms with E-state index < -0.39 is 0 Å². The molecule has 0 saturated heterocycles. The summed E-state index contributed by atoms with van der Waals surface area (Å²) in [5.74, 6) is 0.737. The van der Waals surface area contributed by atoms with Crippen molar-refractivity contribution in [1.29, 1.82) is 0 Å². The van der Waals surface area contributed by atoms with E-state index >= 15 is 0 Å². The van der Waals surface area contributed by atoms with Gasteiger partial charge in [0.2, 0.25) is 0 Å². The van der Waals surface area contributed by atoms with Crippen LogP contribution < -0.4 is 10.5 Å². The van der Waals surface area contributed by atoms with Gasteiger partial charge in [0.05, 0.1) is 29.7 Å². The van der Waals surface area contributed by atoms with Crippen molar-refractivity contribution in [2.24, 2.45) is 5.73 Å². The quantitative estimate of drug-likeness (QED) is 0.860. The molecule has 0 amide bonds. The summed E-state index contributed by atoms with van der Waals surface area (Å²) < 4.78 is 8.40. The fourth-order valence-corrected chi connectivity index (χ4v) is 3.38. The van der Waals surface area contributed by atoms with Crippen LogP contribution in [0.25, 0.3) is 0 Å². The molecule has 2 rings (SSSR count). The second-order valence-corrected chi connectivity index (χ2v) is 7.24. The second-order valence-electron chi connectivity index (χ2n) is 4.74. The molecule has 0 spiro atoms. The van der Waals surface area contributed by atoms with E-state index in [9.17, 15) is 0 Å². The Balaban J connectivity index is 2.30. The van der Waals surface area contributed by atoms with Crippen LogP contribution in [0.2, 0.25) is 0 Å². The first-order valence-corrected chi connectivity index (χ1v) is 7.89. The summed E-state index contributed by atoms with van der Waals surface area (Å²) in [6.45, 7) is 1.69. The Hall–Kier alpha value is -0.890. The number of rotatable bonds is 6. The van der Waals surface area contributed by atoms with Crippen molar-refractivity contribution >= 4 is 27.3 Å². The maximum Gasteiger partial charge on any atom is 0.161 e. The summed E-state index contributed by atoms with van der Waals surface area (Å²) in [6, 6.07) is 3.81. The van der Waals surface area contributed by atoms with E-state index in [1.165, 1.54) is 0 Å². The number of likely N-dealkylation sites (N-methyl/N-ethyl adjacent to an activating group) is 1. The summed E-state index contributed by atoms with van der Waals surface area (Å²) in [5, 5.41) is 4.39. The molecule has 0 aromatic carbocycles. The summed E-state index contributed by atoms with van der Waals surface area (Å²) >= 11 is 5.10. The largest absolute Gasteiger partial charge is 0.493 e. The lowest BCUT2D eigenvalue weighted by molar-refractivity contribution is 0.363. The third kappa shape index (κ3) is 3.41. The molecule has 0 aliphatic rings. The molecular weight excluding hydrogens is 340 g/mol. The first-order chi connectivity index (χ1) is 9.52. The molecule has 1 atom stereocenters. The van der Waals surface area contributed by atoms with Gasteiger partial charge in [-0.3, -0.25) is 4.68 Å². The van der Waals surface area contributed by atoms with Crippen molar-refractivity contribution in [3.8, 4) is 5.75 Å². The Morgan fingerprint density at radius 1 is 1.50 bits per heavy atom. The van der Waals surface area contributed by atoms with Crippen LogP contribution in [0.3, 0.4) is 0 Å². The van der Waals surface area contributed by atoms with Gasteiger partial charge >= 0.3 is 0 Å². The van der Waals surface area contributed by atoms with Gasteiger partial charge in [-0.2, -0.15) is 5.10 Å². The number of aromatic nitrogens is 2. The standard InChI is InChI=1S/C13H19BrN4OS/c1-17(2)6-7-18-13(9(19-3)8-16-18)12(15)10-4-5-11(14)20-10/h4-5,8,12H,6-7,15H2,1-3H3. The molecule has 0 bridgehead atoms. The normalized spacial score (nSPS) is 12.9. The Kier molecular flexibility index (Phi) is 5.20. The number of nitrogens with zero attached hydrogens (tertiary/aromatic N) is 3. The van der Waals surface area contributed by atoms with E-state index in [0.29, 0.717) is 0 Å². The lowest BCUT2D eigenvalue weighted by Crippen LogP contribution is -2.23. The minimum absolute atomic E-state index is 0.231. The molecule has 2 N–H and O–H groups in total. The SMILES string of the molecule is COc1cnn(CCN(C)C)c1C(N)c1ccc(Br)s1. The van der Waals surface area contributed by atoms with Crippen LogP contribution in [-0.4, -0.2) is 42.4 Å². The average Bonchev–Trinajstić information content (AvgIpc) is 3.01. The molecule has 0 aliphatic carbocycles. The molecule has 0 fully saturated rings. The zero-order valence-corrected chi connectivity index (χ0v) is 14.2. The van der Waals surface area contributed by atoms with Crippen LogP contribution in [0.5, 0.6) is 5.75 Å². The van der Waals surface area contributed by atoms with Gasteiger partial charge in [-0.1, -0.05) is 0 Å². The molecule has 2 aromatic rings. The zero-order chi connectivity index (χ0) is 14.7. The number of thiophene rings is 1. The van der Waals surface area contributed by atoms with Crippen LogP contribution in [0.1, 0.15) is 16.6 Å². The topological polar surface area (TPSA) is 56.3 Å². The van der Waals surface area contributed by atoms with E-state index in [4.69, 9.17) is 10.5 Å². The van der Waals surface area contributed by atoms with Crippen molar-refractivity contribution in [1.82, 2.24) is 14.7 Å². The van der Waals surface area contributed by atoms with Crippen molar-refractivity contribution in [3.05, 3.63) is 32.7 Å². The van der Waals surface area contributed by atoms with Gasteiger partial charge in [0.15, 0.2) is 5.75 Å². The fourth-order valence-electron chi connectivity index (χ4n) is 1.95. The highest BCUT2D eigenvalue weighted by Crippen LogP contribution is 2.33. The third-order valence-corrected chi connectivity index (χ3v) is 4.73. The van der Waals surface area contributed by atoms with Crippen molar-refractivity contribution in [2.75, 3.05) is 27.7 Å². The summed E-state index contributed by atoms with van der Waals surface area (Å²) in [5.41, 5.74) is 7.31. The molecule has 0 aliphatic heterocycles. The van der Waals surface area contributed by atoms with E-state index in [1.54, 1.807) is 24.6 Å². The fraction of sp³-hybridized carbons (Fsp3) is 0.462. The van der Waals surface area contributed by atoms with E-state index in [2.05, 4.69) is 25.9 Å². The molecule has 110 valence electrons. The molecule has 2 heterocycles. The molecular formula is C13H19BrN4OS. The molecule has 0 saturated carbocycles. The van der Waals surface area contributed by atoms with Gasteiger partial charge in [-0.15, -0.1) is 11.3 Å². The zero-order valence-electron chi connectivity index (χ0n) is 11.8. The molecule has 2 aromatic heterocycles. The van der Waals surface area contributed by atoms with Crippen LogP contribution in [-0.2, 0) is 6.54 Å². The highest BCUT2D eigenvalue weighted by Gasteiger charge is 2.21. The van der Waals surface area contributed by atoms with Crippen molar-refractivity contribution in [2.45, 2.75) is 12.6 Å². The Morgan fingerprint density at radius 3 is 2.80 bits per heavy atom. The maximum atomic E-state index is 6.39. The van der Waals surface area contributed by atoms with Gasteiger partial charge in [-0.25, -0.2) is 0 Å². The highest BCUT2D eigenvalue weighted by molar-refractivity contribution is 9.11. The predicted octanol–water partition coefficient (Wildman–Crippen LogP) is 2.33. The minimum atomic E-state index is -0.231. The number of nitrogens with two attached hydrogens (primary N) is 1. The first-order valence-electron chi connectivity index (χ1n) is 6.28. The highest BCUT2D eigenvalue weighted by atomic mass is 79.9. The minimum Gasteiger partial charge on any atom is -0.493 e. The Bertz CT molecular complexity index is 566. The van der Waals surface area contributed by atoms with Crippen LogP contribution >= 0.6 is 27.3 Å². The molecule has 20 heavy (non-hydrogen) atoms. The van der Waals surface area contributed by atoms with E-state index in [-0.39, 0.29) is 6.04 Å². The van der Waals surface area contributed by atoms with Crippen molar-refractivity contribution < 1.29 is 4.74 Å². The van der Waals surface area contributed by atoms with Gasteiger partial charge in [0.1, 0.15) is 5.69 Å². The number of hydrogen-bond donors (Lipinski definition) is 1. The second kappa shape index (κ2) is 6.71. The molecule has 1 unspecified atom stereocenters. The smallest absolute Gasteiger partial charge is 0.161 e. The Labute approximate surface area is 131 Å². The van der Waals surface area contributed by atoms with Crippen molar-refractivity contribution in [3.63, 3.8) is 0 Å². The Morgan fingerprint density at radius 2 is 2.25 bits per heavy atom. The van der Waals surface area contributed by atoms with Gasteiger partial charge in [-0.05, 0) is 42.2 Å². The van der Waals surface area contributed by atoms with E-state index in [1.807, 2.05) is 30.9 Å². The first kappa shape index (κ1) is 15.5. The summed E-state index contributed by atoms with van der Waals surface area (Å²) in [6.07, 6.45) is 1.73. The van der Waals surface area contributed by atoms with E-state index in [0.717, 1.165) is 33.2 Å². The molecule has 0 radical (unpaired) electrons. The number of halogens is 1. The average molecular weight is 359 g/mol. The number of ether oxygens (including phenoxy) is 1. The van der Waals surface area contributed by atoms with Crippen LogP contribution in [0.4, 0.5) is 0 Å². The van der Waals surface area contributed by atoms with Crippen LogP contribution in [0, 0.1) is 0 Å². The number of methoxy groups -OCH3 is 1.